The smallest absolute Gasteiger partial charge is 0.261 e. The molecular weight excluding hydrogens is 576 g/mol. The lowest BCUT2D eigenvalue weighted by Crippen LogP contribution is -2.31. The fourth-order valence-corrected chi connectivity index (χ4v) is 5.62. The molecule has 5 aromatic rings. The molecule has 40 heavy (non-hydrogen) atoms. The van der Waals surface area contributed by atoms with Gasteiger partial charge in [-0.05, 0) is 79.2 Å². The second kappa shape index (κ2) is 10.8. The van der Waals surface area contributed by atoms with Gasteiger partial charge in [-0.25, -0.2) is 4.98 Å². The quantitative estimate of drug-likeness (QED) is 0.203. The highest BCUT2D eigenvalue weighted by Gasteiger charge is 2.23. The molecule has 2 aromatic carbocycles. The summed E-state index contributed by atoms with van der Waals surface area (Å²) in [5.41, 5.74) is 1.80. The number of nitrogens with zero attached hydrogens (tertiary/aromatic N) is 3. The molecule has 4 N–H and O–H groups in total. The Hall–Kier alpha value is -4.09. The van der Waals surface area contributed by atoms with Gasteiger partial charge in [0.1, 0.15) is 23.7 Å². The van der Waals surface area contributed by atoms with Gasteiger partial charge in [0.05, 0.1) is 27.7 Å². The number of hydrogen-bond donors (Lipinski definition) is 4. The molecule has 10 nitrogen and oxygen atoms in total. The number of rotatable bonds is 8. The Bertz CT molecular complexity index is 1770. The first-order chi connectivity index (χ1) is 19.4. The van der Waals surface area contributed by atoms with Gasteiger partial charge in [0.25, 0.3) is 5.56 Å². The van der Waals surface area contributed by atoms with Crippen LogP contribution in [0.5, 0.6) is 11.6 Å². The Morgan fingerprint density at radius 3 is 2.83 bits per heavy atom. The minimum absolute atomic E-state index is 0.0278. The van der Waals surface area contributed by atoms with E-state index in [1.807, 2.05) is 41.1 Å². The summed E-state index contributed by atoms with van der Waals surface area (Å²) in [5, 5.41) is 15.7. The molecule has 0 radical (unpaired) electrons. The van der Waals surface area contributed by atoms with E-state index in [0.717, 1.165) is 46.7 Å². The maximum Gasteiger partial charge on any atom is 0.261 e. The normalized spacial score (nSPS) is 14.7. The molecule has 0 bridgehead atoms. The third kappa shape index (κ3) is 5.09. The molecule has 1 saturated heterocycles. The van der Waals surface area contributed by atoms with E-state index in [-0.39, 0.29) is 36.4 Å². The maximum atomic E-state index is 12.9. The molecule has 3 aromatic heterocycles. The molecule has 206 valence electrons. The van der Waals surface area contributed by atoms with Crippen LogP contribution in [-0.4, -0.2) is 68.6 Å². The van der Waals surface area contributed by atoms with Crippen molar-refractivity contribution in [2.75, 3.05) is 38.6 Å². The summed E-state index contributed by atoms with van der Waals surface area (Å²) in [6.45, 7) is 1.85. The third-order valence-electron chi connectivity index (χ3n) is 7.40. The number of carbonyl (C=O) groups is 1. The molecule has 0 aliphatic carbocycles. The molecule has 1 aliphatic heterocycles. The number of aromatic amines is 2. The van der Waals surface area contributed by atoms with Gasteiger partial charge in [-0.15, -0.1) is 0 Å². The zero-order valence-electron chi connectivity index (χ0n) is 21.9. The van der Waals surface area contributed by atoms with E-state index in [2.05, 4.69) is 48.1 Å². The minimum atomic E-state index is -0.345. The maximum absolute atomic E-state index is 12.9. The molecule has 1 fully saturated rings. The van der Waals surface area contributed by atoms with E-state index in [4.69, 9.17) is 4.74 Å². The van der Waals surface area contributed by atoms with Crippen LogP contribution in [0.3, 0.4) is 0 Å². The number of aromatic hydroxyl groups is 1. The first kappa shape index (κ1) is 26.1. The number of imidazole rings is 1. The number of likely N-dealkylation sites (tertiary alicyclic amines) is 1. The van der Waals surface area contributed by atoms with Crippen LogP contribution in [0, 0.1) is 0 Å². The number of nitrogens with one attached hydrogen (secondary N) is 3. The van der Waals surface area contributed by atoms with Crippen LogP contribution in [0.1, 0.15) is 18.9 Å². The number of para-hydroxylation sites is 1. The zero-order valence-corrected chi connectivity index (χ0v) is 23.5. The molecule has 0 amide bonds. The van der Waals surface area contributed by atoms with Crippen molar-refractivity contribution in [3.05, 3.63) is 69.7 Å². The van der Waals surface area contributed by atoms with Gasteiger partial charge in [0.15, 0.2) is 11.7 Å². The molecule has 6 rings (SSSR count). The number of aromatic nitrogens is 4. The average molecular weight is 605 g/mol. The predicted molar refractivity (Wildman–Crippen MR) is 158 cm³/mol. The van der Waals surface area contributed by atoms with Crippen molar-refractivity contribution in [2.45, 2.75) is 18.9 Å². The first-order valence-corrected chi connectivity index (χ1v) is 13.9. The lowest BCUT2D eigenvalue weighted by Gasteiger charge is -2.30. The van der Waals surface area contributed by atoms with Gasteiger partial charge >= 0.3 is 0 Å². The number of benzene rings is 2. The number of ether oxygens (including phenoxy) is 1. The molecule has 0 atom stereocenters. The molecule has 4 heterocycles. The van der Waals surface area contributed by atoms with Gasteiger partial charge in [0.2, 0.25) is 0 Å². The Kier molecular flexibility index (Phi) is 7.07. The number of halogens is 1. The average Bonchev–Trinajstić information content (AvgIpc) is 3.50. The number of piperidine rings is 1. The van der Waals surface area contributed by atoms with Crippen molar-refractivity contribution < 1.29 is 14.6 Å². The number of carbonyl (C=O) groups excluding carboxylic acids is 1. The minimum Gasteiger partial charge on any atom is -0.494 e. The summed E-state index contributed by atoms with van der Waals surface area (Å²) in [4.78, 5) is 38.3. The van der Waals surface area contributed by atoms with E-state index in [1.165, 1.54) is 6.20 Å². The summed E-state index contributed by atoms with van der Waals surface area (Å²) >= 11 is 3.40. The Morgan fingerprint density at radius 1 is 1.23 bits per heavy atom. The molecule has 11 heteroatoms. The van der Waals surface area contributed by atoms with Crippen molar-refractivity contribution >= 4 is 49.2 Å². The van der Waals surface area contributed by atoms with Crippen LogP contribution in [0.25, 0.3) is 33.2 Å². The summed E-state index contributed by atoms with van der Waals surface area (Å²) < 4.78 is 8.35. The highest BCUT2D eigenvalue weighted by Crippen LogP contribution is 2.36. The molecule has 0 unspecified atom stereocenters. The summed E-state index contributed by atoms with van der Waals surface area (Å²) in [5.74, 6) is 1.00. The van der Waals surface area contributed by atoms with Gasteiger partial charge in [-0.1, -0.05) is 12.1 Å². The van der Waals surface area contributed by atoms with Crippen LogP contribution >= 0.6 is 15.9 Å². The summed E-state index contributed by atoms with van der Waals surface area (Å²) in [6, 6.07) is 13.0. The first-order valence-electron chi connectivity index (χ1n) is 13.1. The number of Topliss-reactive ketones (excluding diaryl/α,β-unsaturated/α-hetero) is 1. The van der Waals surface area contributed by atoms with Gasteiger partial charge in [-0.2, -0.15) is 0 Å². The second-order valence-corrected chi connectivity index (χ2v) is 11.0. The second-order valence-electron chi connectivity index (χ2n) is 10.1. The summed E-state index contributed by atoms with van der Waals surface area (Å²) in [6.07, 6.45) is 5.48. The topological polar surface area (TPSA) is 128 Å². The Morgan fingerprint density at radius 2 is 2.02 bits per heavy atom. The third-order valence-corrected chi connectivity index (χ3v) is 8.05. The fourth-order valence-electron chi connectivity index (χ4n) is 5.22. The lowest BCUT2D eigenvalue weighted by atomic mass is 10.1. The number of hydrogen-bond acceptors (Lipinski definition) is 7. The Balaban J connectivity index is 1.23. The predicted octanol–water partition coefficient (Wildman–Crippen LogP) is 4.67. The molecular formula is C29H29BrN6O4. The Labute approximate surface area is 238 Å². The van der Waals surface area contributed by atoms with Crippen LogP contribution in [0.15, 0.2) is 64.1 Å². The highest BCUT2D eigenvalue weighted by molar-refractivity contribution is 9.10. The van der Waals surface area contributed by atoms with Crippen LogP contribution < -0.4 is 15.6 Å². The van der Waals surface area contributed by atoms with Crippen molar-refractivity contribution in [3.63, 3.8) is 0 Å². The van der Waals surface area contributed by atoms with Crippen LogP contribution in [-0.2, 0) is 4.79 Å². The van der Waals surface area contributed by atoms with Crippen LogP contribution in [0.2, 0.25) is 0 Å². The van der Waals surface area contributed by atoms with E-state index in [0.29, 0.717) is 28.3 Å². The molecule has 0 spiro atoms. The van der Waals surface area contributed by atoms with Gasteiger partial charge in [-0.3, -0.25) is 9.59 Å². The molecule has 1 aliphatic rings. The lowest BCUT2D eigenvalue weighted by molar-refractivity contribution is -0.119. The van der Waals surface area contributed by atoms with Crippen molar-refractivity contribution in [2.24, 2.45) is 0 Å². The van der Waals surface area contributed by atoms with E-state index in [9.17, 15) is 14.7 Å². The van der Waals surface area contributed by atoms with Gasteiger partial charge in [0, 0.05) is 29.2 Å². The monoisotopic (exact) mass is 604 g/mol. The zero-order chi connectivity index (χ0) is 27.8. The van der Waals surface area contributed by atoms with Crippen molar-refractivity contribution in [1.82, 2.24) is 24.4 Å². The van der Waals surface area contributed by atoms with E-state index < -0.39 is 0 Å². The highest BCUT2D eigenvalue weighted by atomic mass is 79.9. The van der Waals surface area contributed by atoms with Crippen LogP contribution in [0.4, 0.5) is 5.69 Å². The summed E-state index contributed by atoms with van der Waals surface area (Å²) in [7, 11) is 2.12. The van der Waals surface area contributed by atoms with Crippen molar-refractivity contribution in [1.29, 1.82) is 0 Å². The standard InChI is InChI=1S/C29H29BrN6O4/c1-35-10-7-18(8-11-35)36-15-17-12-23-24(13-20(17)29(36)39)34-27(33-23)26-22(6-9-31-28(26)38)32-14-19(37)16-40-25-5-3-2-4-21(25)30/h2-6,9,12-13,15,18,39H,7-8,10-11,14,16H2,1H3,(H,33,34)(H2,31,32,38). The SMILES string of the molecule is CN1CCC(n2cc3cc4[nH]c(-c5c(NCC(=O)COc6ccccc6Br)cc[nH]c5=O)nc4cc3c2O)CC1. The number of anilines is 1. The van der Waals surface area contributed by atoms with E-state index in [1.54, 1.807) is 12.1 Å². The number of pyridine rings is 1. The fraction of sp³-hybridized carbons (Fsp3) is 0.276. The van der Waals surface area contributed by atoms with Gasteiger partial charge < -0.3 is 34.6 Å². The van der Waals surface area contributed by atoms with Crippen molar-refractivity contribution in [3.8, 4) is 23.0 Å². The number of fused-ring (bicyclic) bond motifs is 2. The molecule has 0 saturated carbocycles. The number of ketones is 1. The number of H-pyrrole nitrogens is 2. The van der Waals surface area contributed by atoms with E-state index >= 15 is 0 Å². The largest absolute Gasteiger partial charge is 0.494 e.